The maximum absolute atomic E-state index is 12.7. The molecule has 0 fully saturated rings. The number of hydrogen-bond donors (Lipinski definition) is 0. The Balaban J connectivity index is 1.59. The molecule has 26 heavy (non-hydrogen) atoms. The van der Waals surface area contributed by atoms with Gasteiger partial charge in [0.25, 0.3) is 0 Å². The second-order valence-electron chi connectivity index (χ2n) is 5.99. The Morgan fingerprint density at radius 1 is 1.15 bits per heavy atom. The molecule has 2 aromatic heterocycles. The zero-order chi connectivity index (χ0) is 18.3. The van der Waals surface area contributed by atoms with Crippen molar-refractivity contribution >= 4 is 11.3 Å². The van der Waals surface area contributed by atoms with E-state index in [1.165, 1.54) is 12.1 Å². The lowest BCUT2D eigenvalue weighted by atomic mass is 10.2. The SMILES string of the molecule is O=c1n(-c2ccc(C(F)(F)F)cc2)nc2n1CCN(Cc1cncs1)C2. The van der Waals surface area contributed by atoms with Gasteiger partial charge in [-0.05, 0) is 24.3 Å². The van der Waals surface area contributed by atoms with Gasteiger partial charge in [-0.2, -0.15) is 17.9 Å². The van der Waals surface area contributed by atoms with E-state index in [-0.39, 0.29) is 5.69 Å². The van der Waals surface area contributed by atoms with Crippen LogP contribution in [0.1, 0.15) is 16.3 Å². The van der Waals surface area contributed by atoms with Gasteiger partial charge in [0, 0.05) is 30.7 Å². The summed E-state index contributed by atoms with van der Waals surface area (Å²) < 4.78 is 40.8. The number of hydrogen-bond acceptors (Lipinski definition) is 5. The topological polar surface area (TPSA) is 56.0 Å². The number of benzene rings is 1. The number of fused-ring (bicyclic) bond motifs is 1. The molecule has 0 unspecified atom stereocenters. The molecule has 0 spiro atoms. The van der Waals surface area contributed by atoms with Crippen LogP contribution in [0.2, 0.25) is 0 Å². The molecule has 1 aliphatic heterocycles. The summed E-state index contributed by atoms with van der Waals surface area (Å²) in [5.74, 6) is 0.602. The predicted octanol–water partition coefficient (Wildman–Crippen LogP) is 2.53. The summed E-state index contributed by atoms with van der Waals surface area (Å²) in [6.07, 6.45) is -2.60. The van der Waals surface area contributed by atoms with Gasteiger partial charge in [0.1, 0.15) is 5.82 Å². The van der Waals surface area contributed by atoms with E-state index in [4.69, 9.17) is 0 Å². The Morgan fingerprint density at radius 3 is 2.58 bits per heavy atom. The minimum atomic E-state index is -4.41. The minimum absolute atomic E-state index is 0.318. The molecule has 0 saturated carbocycles. The second kappa shape index (κ2) is 6.36. The van der Waals surface area contributed by atoms with E-state index in [1.807, 2.05) is 6.20 Å². The number of nitrogens with zero attached hydrogens (tertiary/aromatic N) is 5. The highest BCUT2D eigenvalue weighted by Gasteiger charge is 2.30. The fraction of sp³-hybridized carbons (Fsp3) is 0.312. The van der Waals surface area contributed by atoms with Crippen molar-refractivity contribution in [1.82, 2.24) is 24.2 Å². The summed E-state index contributed by atoms with van der Waals surface area (Å²) in [5, 5.41) is 4.32. The monoisotopic (exact) mass is 381 g/mol. The van der Waals surface area contributed by atoms with Crippen LogP contribution in [-0.4, -0.2) is 30.8 Å². The first-order valence-electron chi connectivity index (χ1n) is 7.88. The first kappa shape index (κ1) is 17.0. The zero-order valence-corrected chi connectivity index (χ0v) is 14.3. The lowest BCUT2D eigenvalue weighted by Crippen LogP contribution is -2.37. The summed E-state index contributed by atoms with van der Waals surface area (Å²) in [6.45, 7) is 2.42. The summed E-state index contributed by atoms with van der Waals surface area (Å²) >= 11 is 1.57. The van der Waals surface area contributed by atoms with Crippen LogP contribution >= 0.6 is 11.3 Å². The van der Waals surface area contributed by atoms with Crippen LogP contribution in [0.15, 0.2) is 40.8 Å². The standard InChI is InChI=1S/C16H14F3N5OS/c17-16(18,19)11-1-3-12(4-2-11)24-15(25)23-6-5-22(9-14(23)21-24)8-13-7-20-10-26-13/h1-4,7,10H,5-6,8-9H2. The molecule has 3 heterocycles. The normalized spacial score (nSPS) is 15.2. The number of thiazole rings is 1. The lowest BCUT2D eigenvalue weighted by Gasteiger charge is -2.25. The molecule has 4 rings (SSSR count). The Labute approximate surface area is 150 Å². The van der Waals surface area contributed by atoms with Crippen LogP contribution in [0, 0.1) is 0 Å². The number of alkyl halides is 3. The van der Waals surface area contributed by atoms with Gasteiger partial charge < -0.3 is 0 Å². The van der Waals surface area contributed by atoms with Crippen LogP contribution in [0.5, 0.6) is 0 Å². The third kappa shape index (κ3) is 3.17. The van der Waals surface area contributed by atoms with Gasteiger partial charge in [-0.1, -0.05) is 0 Å². The molecule has 0 N–H and O–H groups in total. The third-order valence-corrected chi connectivity index (χ3v) is 5.01. The van der Waals surface area contributed by atoms with Gasteiger partial charge in [-0.3, -0.25) is 14.5 Å². The van der Waals surface area contributed by atoms with Crippen LogP contribution in [-0.2, 0) is 25.8 Å². The Kier molecular flexibility index (Phi) is 4.16. The van der Waals surface area contributed by atoms with Crippen molar-refractivity contribution in [2.75, 3.05) is 6.54 Å². The average Bonchev–Trinajstić information content (AvgIpc) is 3.22. The average molecular weight is 381 g/mol. The molecule has 0 atom stereocenters. The van der Waals surface area contributed by atoms with E-state index in [2.05, 4.69) is 15.0 Å². The van der Waals surface area contributed by atoms with Crippen molar-refractivity contribution < 1.29 is 13.2 Å². The van der Waals surface area contributed by atoms with Crippen molar-refractivity contribution in [2.45, 2.75) is 25.8 Å². The van der Waals surface area contributed by atoms with E-state index < -0.39 is 11.7 Å². The number of halogens is 3. The molecule has 0 radical (unpaired) electrons. The van der Waals surface area contributed by atoms with Gasteiger partial charge >= 0.3 is 11.9 Å². The molecule has 1 aliphatic rings. The highest BCUT2D eigenvalue weighted by Crippen LogP contribution is 2.29. The molecular formula is C16H14F3N5OS. The molecule has 0 amide bonds. The zero-order valence-electron chi connectivity index (χ0n) is 13.5. The first-order chi connectivity index (χ1) is 12.4. The molecule has 1 aromatic carbocycles. The lowest BCUT2D eigenvalue weighted by molar-refractivity contribution is -0.137. The van der Waals surface area contributed by atoms with Crippen LogP contribution in [0.25, 0.3) is 5.69 Å². The van der Waals surface area contributed by atoms with E-state index in [0.717, 1.165) is 28.2 Å². The van der Waals surface area contributed by atoms with Gasteiger partial charge in [0.05, 0.1) is 23.3 Å². The van der Waals surface area contributed by atoms with Crippen molar-refractivity contribution in [2.24, 2.45) is 0 Å². The Morgan fingerprint density at radius 2 is 1.92 bits per heavy atom. The summed E-state index contributed by atoms with van der Waals surface area (Å²) in [7, 11) is 0. The Hall–Kier alpha value is -2.46. The van der Waals surface area contributed by atoms with Crippen LogP contribution in [0.3, 0.4) is 0 Å². The molecule has 0 bridgehead atoms. The molecule has 0 aliphatic carbocycles. The van der Waals surface area contributed by atoms with E-state index >= 15 is 0 Å². The molecule has 3 aromatic rings. The van der Waals surface area contributed by atoms with Gasteiger partial charge in [-0.15, -0.1) is 16.4 Å². The van der Waals surface area contributed by atoms with Crippen LogP contribution in [0.4, 0.5) is 13.2 Å². The summed E-state index contributed by atoms with van der Waals surface area (Å²) in [4.78, 5) is 19.9. The predicted molar refractivity (Wildman–Crippen MR) is 89.1 cm³/mol. The highest BCUT2D eigenvalue weighted by atomic mass is 32.1. The van der Waals surface area contributed by atoms with Gasteiger partial charge in [-0.25, -0.2) is 4.79 Å². The third-order valence-electron chi connectivity index (χ3n) is 4.25. The molecule has 6 nitrogen and oxygen atoms in total. The van der Waals surface area contributed by atoms with Crippen molar-refractivity contribution in [3.05, 3.63) is 62.7 Å². The maximum Gasteiger partial charge on any atom is 0.416 e. The van der Waals surface area contributed by atoms with E-state index in [0.29, 0.717) is 31.1 Å². The van der Waals surface area contributed by atoms with Crippen molar-refractivity contribution in [1.29, 1.82) is 0 Å². The van der Waals surface area contributed by atoms with Crippen LogP contribution < -0.4 is 5.69 Å². The minimum Gasteiger partial charge on any atom is -0.289 e. The first-order valence-corrected chi connectivity index (χ1v) is 8.76. The van der Waals surface area contributed by atoms with E-state index in [9.17, 15) is 18.0 Å². The fourth-order valence-electron chi connectivity index (χ4n) is 2.93. The summed E-state index contributed by atoms with van der Waals surface area (Å²) in [6, 6.07) is 4.43. The largest absolute Gasteiger partial charge is 0.416 e. The number of aromatic nitrogens is 4. The van der Waals surface area contributed by atoms with Crippen molar-refractivity contribution in [3.63, 3.8) is 0 Å². The molecule has 10 heteroatoms. The molecule has 0 saturated heterocycles. The summed E-state index contributed by atoms with van der Waals surface area (Å²) in [5.41, 5.74) is 0.999. The maximum atomic E-state index is 12.7. The van der Waals surface area contributed by atoms with Gasteiger partial charge in [0.2, 0.25) is 0 Å². The Bertz CT molecular complexity index is 959. The number of rotatable bonds is 3. The molecular weight excluding hydrogens is 367 g/mol. The highest BCUT2D eigenvalue weighted by molar-refractivity contribution is 7.09. The smallest absolute Gasteiger partial charge is 0.289 e. The van der Waals surface area contributed by atoms with Crippen molar-refractivity contribution in [3.8, 4) is 5.69 Å². The quantitative estimate of drug-likeness (QED) is 0.700. The van der Waals surface area contributed by atoms with E-state index in [1.54, 1.807) is 21.4 Å². The molecule has 136 valence electrons. The fourth-order valence-corrected chi connectivity index (χ4v) is 3.57. The second-order valence-corrected chi connectivity index (χ2v) is 6.96. The van der Waals surface area contributed by atoms with Gasteiger partial charge in [0.15, 0.2) is 0 Å².